The number of hydrogen-bond acceptors (Lipinski definition) is 3. The highest BCUT2D eigenvalue weighted by atomic mass is 19.4. The Morgan fingerprint density at radius 1 is 1.15 bits per heavy atom. The van der Waals surface area contributed by atoms with Crippen LogP contribution in [0.5, 0.6) is 11.5 Å². The van der Waals surface area contributed by atoms with Crippen molar-refractivity contribution in [2.24, 2.45) is 0 Å². The Labute approximate surface area is 148 Å². The largest absolute Gasteiger partial charge is 0.507 e. The van der Waals surface area contributed by atoms with Crippen LogP contribution in [0.4, 0.5) is 18.9 Å². The van der Waals surface area contributed by atoms with E-state index in [0.29, 0.717) is 22.4 Å². The molecular weight excluding hydrogens is 347 g/mol. The summed E-state index contributed by atoms with van der Waals surface area (Å²) in [7, 11) is 0. The van der Waals surface area contributed by atoms with Crippen molar-refractivity contribution in [3.8, 4) is 22.6 Å². The van der Waals surface area contributed by atoms with Crippen LogP contribution in [0.3, 0.4) is 0 Å². The number of benzene rings is 2. The maximum absolute atomic E-state index is 12.8. The first-order valence-corrected chi connectivity index (χ1v) is 8.25. The van der Waals surface area contributed by atoms with E-state index in [2.05, 4.69) is 0 Å². The molecule has 0 radical (unpaired) electrons. The van der Waals surface area contributed by atoms with Gasteiger partial charge in [0.25, 0.3) is 0 Å². The second kappa shape index (κ2) is 6.55. The van der Waals surface area contributed by atoms with Gasteiger partial charge < -0.3 is 15.1 Å². The molecule has 3 rings (SSSR count). The van der Waals surface area contributed by atoms with Crippen LogP contribution in [0, 0.1) is 0 Å². The number of rotatable bonds is 4. The van der Waals surface area contributed by atoms with E-state index in [9.17, 15) is 28.2 Å². The number of nitrogens with zero attached hydrogens (tertiary/aromatic N) is 1. The number of carbonyl (C=O) groups is 1. The summed E-state index contributed by atoms with van der Waals surface area (Å²) < 4.78 is 38.3. The lowest BCUT2D eigenvalue weighted by Crippen LogP contribution is -2.36. The lowest BCUT2D eigenvalue weighted by molar-refractivity contribution is -0.131. The minimum absolute atomic E-state index is 0.128. The maximum atomic E-state index is 12.8. The molecule has 1 aliphatic heterocycles. The molecule has 2 aromatic carbocycles. The normalized spacial score (nSPS) is 14.0. The molecule has 0 unspecified atom stereocenters. The molecule has 0 saturated heterocycles. The molecule has 0 atom stereocenters. The number of anilines is 1. The average Bonchev–Trinajstić information content (AvgIpc) is 2.82. The van der Waals surface area contributed by atoms with Gasteiger partial charge in [0.15, 0.2) is 0 Å². The van der Waals surface area contributed by atoms with Crippen LogP contribution in [0.2, 0.25) is 0 Å². The Hall–Kier alpha value is -2.70. The molecule has 0 spiro atoms. The van der Waals surface area contributed by atoms with Crippen LogP contribution in [0.1, 0.15) is 24.5 Å². The third-order valence-electron chi connectivity index (χ3n) is 4.37. The van der Waals surface area contributed by atoms with Gasteiger partial charge in [0, 0.05) is 5.69 Å². The second-order valence-corrected chi connectivity index (χ2v) is 6.33. The highest BCUT2D eigenvalue weighted by Crippen LogP contribution is 2.45. The van der Waals surface area contributed by atoms with Gasteiger partial charge in [0.05, 0.1) is 12.0 Å². The molecular formula is C19H18F3NO3. The maximum Gasteiger partial charge on any atom is 0.406 e. The van der Waals surface area contributed by atoms with Crippen molar-refractivity contribution in [1.82, 2.24) is 0 Å². The van der Waals surface area contributed by atoms with Gasteiger partial charge >= 0.3 is 6.18 Å². The second-order valence-electron chi connectivity index (χ2n) is 6.33. The minimum atomic E-state index is -4.51. The van der Waals surface area contributed by atoms with Gasteiger partial charge in [-0.15, -0.1) is 0 Å². The summed E-state index contributed by atoms with van der Waals surface area (Å²) in [4.78, 5) is 12.8. The van der Waals surface area contributed by atoms with Crippen LogP contribution >= 0.6 is 0 Å². The Morgan fingerprint density at radius 3 is 2.38 bits per heavy atom. The molecule has 1 aliphatic rings. The molecule has 7 heteroatoms. The number of halogens is 3. The van der Waals surface area contributed by atoms with Crippen LogP contribution in [-0.2, 0) is 17.6 Å². The highest BCUT2D eigenvalue weighted by molar-refractivity contribution is 6.04. The zero-order valence-corrected chi connectivity index (χ0v) is 14.1. The number of aryl methyl sites for hydroxylation is 1. The first kappa shape index (κ1) is 18.1. The fourth-order valence-corrected chi connectivity index (χ4v) is 3.36. The summed E-state index contributed by atoms with van der Waals surface area (Å²) >= 11 is 0. The molecule has 0 saturated carbocycles. The number of carbonyl (C=O) groups excluding carboxylic acids is 1. The first-order chi connectivity index (χ1) is 12.2. The predicted octanol–water partition coefficient (Wildman–Crippen LogP) is 4.17. The monoisotopic (exact) mass is 365 g/mol. The van der Waals surface area contributed by atoms with Gasteiger partial charge in [-0.3, -0.25) is 4.79 Å². The fourth-order valence-electron chi connectivity index (χ4n) is 3.36. The van der Waals surface area contributed by atoms with Gasteiger partial charge in [-0.05, 0) is 41.3 Å². The number of hydrogen-bond donors (Lipinski definition) is 2. The number of amides is 1. The third kappa shape index (κ3) is 3.34. The van der Waals surface area contributed by atoms with Gasteiger partial charge in [0.2, 0.25) is 5.91 Å². The van der Waals surface area contributed by atoms with Crippen molar-refractivity contribution in [3.63, 3.8) is 0 Å². The van der Waals surface area contributed by atoms with E-state index >= 15 is 0 Å². The number of alkyl halides is 3. The van der Waals surface area contributed by atoms with Gasteiger partial charge in [-0.2, -0.15) is 13.2 Å². The Bertz CT molecular complexity index is 839. The van der Waals surface area contributed by atoms with Crippen LogP contribution in [0.15, 0.2) is 30.3 Å². The van der Waals surface area contributed by atoms with E-state index in [-0.39, 0.29) is 29.2 Å². The van der Waals surface area contributed by atoms with E-state index in [1.54, 1.807) is 6.07 Å². The van der Waals surface area contributed by atoms with E-state index in [0.717, 1.165) is 12.0 Å². The summed E-state index contributed by atoms with van der Waals surface area (Å²) in [5, 5.41) is 20.7. The zero-order chi connectivity index (χ0) is 19.1. The molecule has 0 bridgehead atoms. The van der Waals surface area contributed by atoms with Crippen LogP contribution in [-0.4, -0.2) is 28.8 Å². The summed E-state index contributed by atoms with van der Waals surface area (Å²) in [6.45, 7) is 0.600. The van der Waals surface area contributed by atoms with Crippen molar-refractivity contribution in [2.75, 3.05) is 11.4 Å². The minimum Gasteiger partial charge on any atom is -0.507 e. The molecule has 0 fully saturated rings. The van der Waals surface area contributed by atoms with E-state index in [1.165, 1.54) is 24.3 Å². The zero-order valence-electron chi connectivity index (χ0n) is 14.1. The van der Waals surface area contributed by atoms with Crippen molar-refractivity contribution in [1.29, 1.82) is 0 Å². The highest BCUT2D eigenvalue weighted by Gasteiger charge is 2.38. The van der Waals surface area contributed by atoms with E-state index in [4.69, 9.17) is 0 Å². The number of phenolic OH excluding ortho intramolecular Hbond substituents is 2. The molecule has 0 aliphatic carbocycles. The molecule has 26 heavy (non-hydrogen) atoms. The fraction of sp³-hybridized carbons (Fsp3) is 0.316. The van der Waals surface area contributed by atoms with Crippen LogP contribution in [0.25, 0.3) is 11.1 Å². The van der Waals surface area contributed by atoms with Crippen molar-refractivity contribution < 1.29 is 28.2 Å². The standard InChI is InChI=1S/C19H18F3NO3/c1-2-4-11-7-15(24)18(16(25)8-11)12-5-3-6-14-13(12)9-17(26)23(14)10-19(20,21)22/h3,5-8,24-25H,2,4,9-10H2,1H3. The Balaban J connectivity index is 2.09. The average molecular weight is 365 g/mol. The lowest BCUT2D eigenvalue weighted by Gasteiger charge is -2.20. The third-order valence-corrected chi connectivity index (χ3v) is 4.37. The number of aromatic hydroxyl groups is 2. The summed E-state index contributed by atoms with van der Waals surface area (Å²) in [5.41, 5.74) is 1.77. The van der Waals surface area contributed by atoms with Crippen molar-refractivity contribution in [2.45, 2.75) is 32.4 Å². The first-order valence-electron chi connectivity index (χ1n) is 8.25. The molecule has 2 N–H and O–H groups in total. The topological polar surface area (TPSA) is 60.8 Å². The Kier molecular flexibility index (Phi) is 4.56. The lowest BCUT2D eigenvalue weighted by atomic mass is 9.94. The van der Waals surface area contributed by atoms with Crippen molar-refractivity contribution >= 4 is 11.6 Å². The van der Waals surface area contributed by atoms with Gasteiger partial charge in [-0.1, -0.05) is 25.5 Å². The molecule has 4 nitrogen and oxygen atoms in total. The molecule has 1 amide bonds. The smallest absolute Gasteiger partial charge is 0.406 e. The van der Waals surface area contributed by atoms with Gasteiger partial charge in [-0.25, -0.2) is 0 Å². The Morgan fingerprint density at radius 2 is 1.81 bits per heavy atom. The number of phenols is 2. The van der Waals surface area contributed by atoms with Crippen molar-refractivity contribution in [3.05, 3.63) is 41.5 Å². The summed E-state index contributed by atoms with van der Waals surface area (Å²) in [6, 6.07) is 7.59. The summed E-state index contributed by atoms with van der Waals surface area (Å²) in [6.07, 6.45) is -3.22. The van der Waals surface area contributed by atoms with E-state index < -0.39 is 18.6 Å². The van der Waals surface area contributed by atoms with Crippen LogP contribution < -0.4 is 4.90 Å². The molecule has 1 heterocycles. The molecule has 138 valence electrons. The predicted molar refractivity (Wildman–Crippen MR) is 91.3 cm³/mol. The number of fused-ring (bicyclic) bond motifs is 1. The molecule has 2 aromatic rings. The van der Waals surface area contributed by atoms with Gasteiger partial charge in [0.1, 0.15) is 18.0 Å². The quantitative estimate of drug-likeness (QED) is 0.855. The van der Waals surface area contributed by atoms with E-state index in [1.807, 2.05) is 6.92 Å². The SMILES string of the molecule is CCCc1cc(O)c(-c2cccc3c2CC(=O)N3CC(F)(F)F)c(O)c1. The summed E-state index contributed by atoms with van der Waals surface area (Å²) in [5.74, 6) is -0.988. The molecule has 0 aromatic heterocycles.